The Kier molecular flexibility index (Phi) is 3.92. The number of rotatable bonds is 3. The third-order valence-electron chi connectivity index (χ3n) is 4.61. The second kappa shape index (κ2) is 5.60. The molecule has 8 heteroatoms. The molecule has 2 aliphatic heterocycles. The van der Waals surface area contributed by atoms with Gasteiger partial charge in [0.15, 0.2) is 4.90 Å². The number of sulfonamides is 1. The number of hydrogen-bond donors (Lipinski definition) is 1. The van der Waals surface area contributed by atoms with E-state index in [0.717, 1.165) is 32.2 Å². The maximum atomic E-state index is 13.0. The molecular formula is C14H19N3O4S. The maximum Gasteiger partial charge on any atom is 0.289 e. The van der Waals surface area contributed by atoms with E-state index in [-0.39, 0.29) is 10.6 Å². The predicted molar refractivity (Wildman–Crippen MR) is 81.1 cm³/mol. The third-order valence-corrected chi connectivity index (χ3v) is 6.66. The molecule has 1 aromatic carbocycles. The van der Waals surface area contributed by atoms with Gasteiger partial charge in [-0.15, -0.1) is 0 Å². The van der Waals surface area contributed by atoms with Crippen LogP contribution in [0.5, 0.6) is 0 Å². The fraction of sp³-hybridized carbons (Fsp3) is 0.571. The van der Waals surface area contributed by atoms with E-state index in [1.165, 1.54) is 28.6 Å². The molecule has 1 N–H and O–H groups in total. The number of nitrogens with zero attached hydrogens (tertiary/aromatic N) is 2. The van der Waals surface area contributed by atoms with Crippen LogP contribution in [0, 0.1) is 10.1 Å². The average Bonchev–Trinajstić information content (AvgIpc) is 2.91. The van der Waals surface area contributed by atoms with Gasteiger partial charge in [-0.2, -0.15) is 4.31 Å². The van der Waals surface area contributed by atoms with E-state index in [4.69, 9.17) is 0 Å². The standard InChI is InChI=1S/C14H19N3O4S/c18-17(19)12-5-1-2-6-13(12)22(20,21)16-10-4-8-14(16)7-3-9-15-11-14/h1-2,5-6,15H,3-4,7-11H2. The lowest BCUT2D eigenvalue weighted by Gasteiger charge is -2.40. The summed E-state index contributed by atoms with van der Waals surface area (Å²) < 4.78 is 27.5. The molecule has 2 heterocycles. The first-order chi connectivity index (χ1) is 10.5. The highest BCUT2D eigenvalue weighted by Crippen LogP contribution is 2.40. The largest absolute Gasteiger partial charge is 0.315 e. The number of nitro benzene ring substituents is 1. The van der Waals surface area contributed by atoms with Crippen molar-refractivity contribution in [1.29, 1.82) is 0 Å². The molecule has 2 saturated heterocycles. The first-order valence-electron chi connectivity index (χ1n) is 7.44. The highest BCUT2D eigenvalue weighted by molar-refractivity contribution is 7.89. The van der Waals surface area contributed by atoms with Crippen molar-refractivity contribution in [2.45, 2.75) is 36.1 Å². The summed E-state index contributed by atoms with van der Waals surface area (Å²) in [5.41, 5.74) is -0.783. The number of nitro groups is 1. The Balaban J connectivity index is 2.05. The van der Waals surface area contributed by atoms with Gasteiger partial charge < -0.3 is 5.32 Å². The van der Waals surface area contributed by atoms with Crippen LogP contribution in [0.15, 0.2) is 29.2 Å². The first-order valence-corrected chi connectivity index (χ1v) is 8.88. The zero-order valence-electron chi connectivity index (χ0n) is 12.2. The topological polar surface area (TPSA) is 92.5 Å². The lowest BCUT2D eigenvalue weighted by molar-refractivity contribution is -0.387. The van der Waals surface area contributed by atoms with Crippen LogP contribution in [-0.4, -0.2) is 42.8 Å². The fourth-order valence-corrected chi connectivity index (χ4v) is 5.63. The van der Waals surface area contributed by atoms with Crippen molar-refractivity contribution in [3.05, 3.63) is 34.4 Å². The second-order valence-corrected chi connectivity index (χ2v) is 7.74. The van der Waals surface area contributed by atoms with Crippen LogP contribution in [0.3, 0.4) is 0 Å². The lowest BCUT2D eigenvalue weighted by atomic mass is 9.89. The van der Waals surface area contributed by atoms with Crippen LogP contribution in [0.2, 0.25) is 0 Å². The second-order valence-electron chi connectivity index (χ2n) is 5.91. The van der Waals surface area contributed by atoms with E-state index in [1.807, 2.05) is 0 Å². The Morgan fingerprint density at radius 2 is 1.95 bits per heavy atom. The monoisotopic (exact) mass is 325 g/mol. The number of nitrogens with one attached hydrogen (secondary N) is 1. The molecule has 0 aliphatic carbocycles. The molecule has 1 spiro atoms. The zero-order chi connectivity index (χ0) is 15.8. The molecule has 3 rings (SSSR count). The minimum atomic E-state index is -3.87. The molecule has 1 unspecified atom stereocenters. The van der Waals surface area contributed by atoms with Crippen molar-refractivity contribution in [2.75, 3.05) is 19.6 Å². The van der Waals surface area contributed by atoms with Crippen LogP contribution in [0.4, 0.5) is 5.69 Å². The SMILES string of the molecule is O=[N+]([O-])c1ccccc1S(=O)(=O)N1CCCC12CCCNC2. The van der Waals surface area contributed by atoms with Crippen LogP contribution >= 0.6 is 0 Å². The molecule has 0 bridgehead atoms. The maximum absolute atomic E-state index is 13.0. The molecule has 1 aromatic rings. The minimum absolute atomic E-state index is 0.202. The van der Waals surface area contributed by atoms with Gasteiger partial charge in [0, 0.05) is 24.7 Å². The zero-order valence-corrected chi connectivity index (χ0v) is 13.0. The van der Waals surface area contributed by atoms with Gasteiger partial charge in [-0.1, -0.05) is 12.1 Å². The van der Waals surface area contributed by atoms with E-state index >= 15 is 0 Å². The van der Waals surface area contributed by atoms with Crippen molar-refractivity contribution in [2.24, 2.45) is 0 Å². The van der Waals surface area contributed by atoms with Gasteiger partial charge >= 0.3 is 0 Å². The van der Waals surface area contributed by atoms with Gasteiger partial charge in [-0.3, -0.25) is 10.1 Å². The van der Waals surface area contributed by atoms with Crippen LogP contribution < -0.4 is 5.32 Å². The molecule has 0 radical (unpaired) electrons. The molecule has 2 aliphatic rings. The molecule has 22 heavy (non-hydrogen) atoms. The van der Waals surface area contributed by atoms with Crippen molar-refractivity contribution >= 4 is 15.7 Å². The summed E-state index contributed by atoms with van der Waals surface area (Å²) in [6, 6.07) is 5.59. The van der Waals surface area contributed by atoms with E-state index < -0.39 is 20.5 Å². The first kappa shape index (κ1) is 15.4. The Morgan fingerprint density at radius 3 is 2.64 bits per heavy atom. The molecule has 1 atom stereocenters. The summed E-state index contributed by atoms with van der Waals surface area (Å²) >= 11 is 0. The summed E-state index contributed by atoms with van der Waals surface area (Å²) in [6.45, 7) is 1.93. The normalized spacial score (nSPS) is 26.4. The third kappa shape index (κ3) is 2.41. The quantitative estimate of drug-likeness (QED) is 0.671. The summed E-state index contributed by atoms with van der Waals surface area (Å²) in [6.07, 6.45) is 3.32. The Morgan fingerprint density at radius 1 is 1.23 bits per heavy atom. The Hall–Kier alpha value is -1.51. The number of benzene rings is 1. The van der Waals surface area contributed by atoms with Gasteiger partial charge in [0.2, 0.25) is 10.0 Å². The van der Waals surface area contributed by atoms with Crippen molar-refractivity contribution in [1.82, 2.24) is 9.62 Å². The summed E-state index contributed by atoms with van der Waals surface area (Å²) in [4.78, 5) is 10.3. The van der Waals surface area contributed by atoms with E-state index in [2.05, 4.69) is 5.32 Å². The van der Waals surface area contributed by atoms with Crippen LogP contribution in [-0.2, 0) is 10.0 Å². The molecule has 0 aromatic heterocycles. The fourth-order valence-electron chi connectivity index (χ4n) is 3.61. The van der Waals surface area contributed by atoms with E-state index in [0.29, 0.717) is 13.1 Å². The van der Waals surface area contributed by atoms with Crippen molar-refractivity contribution < 1.29 is 13.3 Å². The number of para-hydroxylation sites is 1. The van der Waals surface area contributed by atoms with Gasteiger partial charge in [-0.25, -0.2) is 8.42 Å². The summed E-state index contributed by atoms with van der Waals surface area (Å²) in [5.74, 6) is 0. The Labute approximate surface area is 129 Å². The van der Waals surface area contributed by atoms with Gasteiger partial charge in [0.05, 0.1) is 4.92 Å². The van der Waals surface area contributed by atoms with Crippen LogP contribution in [0.25, 0.3) is 0 Å². The Bertz CT molecular complexity index is 683. The minimum Gasteiger partial charge on any atom is -0.315 e. The number of piperidine rings is 1. The summed E-state index contributed by atoms with van der Waals surface area (Å²) in [5, 5.41) is 14.4. The van der Waals surface area contributed by atoms with Gasteiger partial charge in [0.1, 0.15) is 0 Å². The number of hydrogen-bond acceptors (Lipinski definition) is 5. The van der Waals surface area contributed by atoms with Gasteiger partial charge in [-0.05, 0) is 38.3 Å². The highest BCUT2D eigenvalue weighted by atomic mass is 32.2. The molecule has 0 saturated carbocycles. The smallest absolute Gasteiger partial charge is 0.289 e. The van der Waals surface area contributed by atoms with Gasteiger partial charge in [0.25, 0.3) is 5.69 Å². The lowest BCUT2D eigenvalue weighted by Crippen LogP contribution is -2.56. The van der Waals surface area contributed by atoms with Crippen LogP contribution in [0.1, 0.15) is 25.7 Å². The molecule has 7 nitrogen and oxygen atoms in total. The summed E-state index contributed by atoms with van der Waals surface area (Å²) in [7, 11) is -3.87. The molecule has 0 amide bonds. The van der Waals surface area contributed by atoms with Crippen molar-refractivity contribution in [3.63, 3.8) is 0 Å². The van der Waals surface area contributed by atoms with E-state index in [1.54, 1.807) is 0 Å². The molecule has 120 valence electrons. The van der Waals surface area contributed by atoms with E-state index in [9.17, 15) is 18.5 Å². The predicted octanol–water partition coefficient (Wildman–Crippen LogP) is 1.50. The van der Waals surface area contributed by atoms with Crippen molar-refractivity contribution in [3.8, 4) is 0 Å². The highest BCUT2D eigenvalue weighted by Gasteiger charge is 2.49. The molecular weight excluding hydrogens is 306 g/mol. The molecule has 2 fully saturated rings. The average molecular weight is 325 g/mol.